The van der Waals surface area contributed by atoms with Crippen molar-refractivity contribution < 1.29 is 26.8 Å². The van der Waals surface area contributed by atoms with E-state index in [-0.39, 0.29) is 11.9 Å². The van der Waals surface area contributed by atoms with Crippen LogP contribution in [-0.4, -0.2) is 86.1 Å². The number of aromatic nitrogens is 3. The number of ether oxygens (including phenoxy) is 2. The molecule has 15 heteroatoms. The molecule has 0 bridgehead atoms. The number of benzene rings is 2. The highest BCUT2D eigenvalue weighted by atomic mass is 32.3. The largest absolute Gasteiger partial charge is 0.462 e. The van der Waals surface area contributed by atoms with Crippen LogP contribution in [0, 0.1) is 0 Å². The SMILES string of the molecule is C=S(C)(C)(C)O[Si](C)(CCCNc1nc(Nc2ccc(C(=O)OCCCC)cc2)nc(Nc2ccc(C(=O)OCCCC)cc2)n1)OSC. The molecule has 0 aliphatic rings. The minimum Gasteiger partial charge on any atom is -0.462 e. The van der Waals surface area contributed by atoms with Crippen molar-refractivity contribution in [1.82, 2.24) is 15.0 Å². The first kappa shape index (κ1) is 39.9. The molecule has 0 aliphatic heterocycles. The molecule has 0 amide bonds. The van der Waals surface area contributed by atoms with Gasteiger partial charge in [-0.3, -0.25) is 0 Å². The van der Waals surface area contributed by atoms with Crippen molar-refractivity contribution in [3.05, 3.63) is 59.7 Å². The topological polar surface area (TPSA) is 146 Å². The summed E-state index contributed by atoms with van der Waals surface area (Å²) in [5, 5.41) is 9.72. The third kappa shape index (κ3) is 14.9. The summed E-state index contributed by atoms with van der Waals surface area (Å²) in [6, 6.07) is 14.6. The first-order valence-electron chi connectivity index (χ1n) is 16.4. The van der Waals surface area contributed by atoms with Crippen LogP contribution in [0.1, 0.15) is 66.7 Å². The Morgan fingerprint density at radius 2 is 1.22 bits per heavy atom. The Labute approximate surface area is 296 Å². The third-order valence-corrected chi connectivity index (χ3v) is 13.9. The Hall–Kier alpha value is -3.50. The zero-order valence-corrected chi connectivity index (χ0v) is 32.4. The number of hydrogen-bond donors (Lipinski definition) is 3. The van der Waals surface area contributed by atoms with E-state index >= 15 is 0 Å². The number of hydrogen-bond acceptors (Lipinski definition) is 13. The number of esters is 2. The summed E-state index contributed by atoms with van der Waals surface area (Å²) in [6.45, 7) is 7.51. The number of rotatable bonds is 21. The normalized spacial score (nSPS) is 13.4. The van der Waals surface area contributed by atoms with Crippen LogP contribution < -0.4 is 16.0 Å². The van der Waals surface area contributed by atoms with Gasteiger partial charge >= 0.3 is 20.5 Å². The van der Waals surface area contributed by atoms with Gasteiger partial charge < -0.3 is 33.2 Å². The number of carbonyl (C=O) groups excluding carboxylic acids is 2. The van der Waals surface area contributed by atoms with Gasteiger partial charge in [0, 0.05) is 24.2 Å². The summed E-state index contributed by atoms with van der Waals surface area (Å²) in [5.41, 5.74) is 2.28. The van der Waals surface area contributed by atoms with E-state index < -0.39 is 17.6 Å². The maximum Gasteiger partial charge on any atom is 0.357 e. The first-order chi connectivity index (χ1) is 23.2. The van der Waals surface area contributed by atoms with Gasteiger partial charge in [-0.1, -0.05) is 32.6 Å². The van der Waals surface area contributed by atoms with E-state index in [2.05, 4.69) is 62.1 Å². The average molecular weight is 733 g/mol. The fraction of sp³-hybridized carbons (Fsp3) is 0.471. The summed E-state index contributed by atoms with van der Waals surface area (Å²) in [5.74, 6) is 4.54. The molecule has 2 aromatic carbocycles. The molecule has 0 spiro atoms. The molecule has 0 fully saturated rings. The lowest BCUT2D eigenvalue weighted by Gasteiger charge is -2.43. The number of unbranched alkanes of at least 4 members (excludes halogenated alkanes) is 2. The molecular formula is C34H52N6O6S2Si. The smallest absolute Gasteiger partial charge is 0.357 e. The highest BCUT2D eigenvalue weighted by Gasteiger charge is 2.36. The maximum absolute atomic E-state index is 12.3. The van der Waals surface area contributed by atoms with Crippen LogP contribution in [0.3, 0.4) is 0 Å². The van der Waals surface area contributed by atoms with Crippen LogP contribution in [0.15, 0.2) is 48.5 Å². The number of nitrogens with zero attached hydrogens (tertiary/aromatic N) is 3. The molecule has 3 N–H and O–H groups in total. The molecule has 1 aromatic heterocycles. The van der Waals surface area contributed by atoms with Crippen molar-refractivity contribution in [3.63, 3.8) is 0 Å². The quantitative estimate of drug-likeness (QED) is 0.0320. The fourth-order valence-electron chi connectivity index (χ4n) is 4.53. The number of carbonyl (C=O) groups is 2. The molecular weight excluding hydrogens is 681 g/mol. The van der Waals surface area contributed by atoms with Crippen LogP contribution in [0.4, 0.5) is 29.2 Å². The van der Waals surface area contributed by atoms with Gasteiger partial charge in [-0.15, -0.1) is 0 Å². The van der Waals surface area contributed by atoms with Crippen LogP contribution in [-0.2, 0) is 17.2 Å². The zero-order chi connectivity index (χ0) is 35.9. The highest BCUT2D eigenvalue weighted by Crippen LogP contribution is 2.50. The average Bonchev–Trinajstić information content (AvgIpc) is 3.03. The summed E-state index contributed by atoms with van der Waals surface area (Å²) in [7, 11) is -4.74. The van der Waals surface area contributed by atoms with Crippen molar-refractivity contribution in [1.29, 1.82) is 0 Å². The second kappa shape index (κ2) is 18.5. The Bertz CT molecular complexity index is 1490. The summed E-state index contributed by atoms with van der Waals surface area (Å²) < 4.78 is 23.2. The fourth-order valence-corrected chi connectivity index (χ4v) is 13.0. The lowest BCUT2D eigenvalue weighted by molar-refractivity contribution is 0.0490. The van der Waals surface area contributed by atoms with E-state index in [0.29, 0.717) is 60.1 Å². The predicted octanol–water partition coefficient (Wildman–Crippen LogP) is 8.03. The molecule has 1 atom stereocenters. The van der Waals surface area contributed by atoms with Crippen molar-refractivity contribution in [3.8, 4) is 0 Å². The van der Waals surface area contributed by atoms with Crippen LogP contribution >= 0.6 is 21.1 Å². The molecule has 12 nitrogen and oxygen atoms in total. The number of nitrogens with one attached hydrogen (secondary N) is 3. The summed E-state index contributed by atoms with van der Waals surface area (Å²) in [6.07, 6.45) is 12.4. The van der Waals surface area contributed by atoms with Gasteiger partial charge in [0.05, 0.1) is 24.3 Å². The first-order valence-corrected chi connectivity index (χ1v) is 23.4. The van der Waals surface area contributed by atoms with E-state index in [1.54, 1.807) is 48.5 Å². The standard InChI is InChI=1S/C34H52N6O6S2Si/c1-9-11-23-43-30(41)26-14-18-28(19-15-26)36-33-38-32(35-22-13-25-49(8,45-47-3)46-48(4,5,6)7)39-34(40-33)37-29-20-16-27(17-21-29)31(42)44-24-12-10-2/h14-21H,4,9-13,22-25H2,1-3,5-8H3,(H3,35,36,37,38,39,40). The van der Waals surface area contributed by atoms with Crippen molar-refractivity contribution >= 4 is 76.7 Å². The van der Waals surface area contributed by atoms with E-state index in [9.17, 15) is 9.59 Å². The second-order valence-electron chi connectivity index (χ2n) is 12.9. The van der Waals surface area contributed by atoms with Gasteiger partial charge in [0.25, 0.3) is 0 Å². The molecule has 1 heterocycles. The van der Waals surface area contributed by atoms with Crippen molar-refractivity contribution in [2.75, 3.05) is 60.7 Å². The minimum atomic E-state index is -2.50. The van der Waals surface area contributed by atoms with Crippen LogP contribution in [0.5, 0.6) is 0 Å². The molecule has 3 rings (SSSR count). The van der Waals surface area contributed by atoms with Gasteiger partial charge in [-0.25, -0.2) is 9.59 Å². The van der Waals surface area contributed by atoms with Crippen molar-refractivity contribution in [2.45, 2.75) is 58.5 Å². The Morgan fingerprint density at radius 1 is 0.776 bits per heavy atom. The lowest BCUT2D eigenvalue weighted by atomic mass is 10.2. The van der Waals surface area contributed by atoms with Gasteiger partial charge in [0.2, 0.25) is 17.8 Å². The molecule has 3 aromatic rings. The van der Waals surface area contributed by atoms with Crippen LogP contribution in [0.25, 0.3) is 0 Å². The summed E-state index contributed by atoms with van der Waals surface area (Å²) in [4.78, 5) is 38.4. The molecule has 0 saturated carbocycles. The third-order valence-electron chi connectivity index (χ3n) is 6.69. The number of anilines is 5. The Balaban J connectivity index is 1.76. The molecule has 1 unspecified atom stereocenters. The van der Waals surface area contributed by atoms with Crippen LogP contribution in [0.2, 0.25) is 12.6 Å². The van der Waals surface area contributed by atoms with Gasteiger partial charge in [-0.2, -0.15) is 24.0 Å². The Kier molecular flexibility index (Phi) is 15.1. The minimum absolute atomic E-state index is 0.291. The molecule has 0 radical (unpaired) electrons. The summed E-state index contributed by atoms with van der Waals surface area (Å²) >= 11 is 1.33. The van der Waals surface area contributed by atoms with Gasteiger partial charge in [0.15, 0.2) is 0 Å². The van der Waals surface area contributed by atoms with E-state index in [1.165, 1.54) is 12.0 Å². The van der Waals surface area contributed by atoms with E-state index in [0.717, 1.165) is 38.1 Å². The van der Waals surface area contributed by atoms with Crippen molar-refractivity contribution in [2.24, 2.45) is 0 Å². The Morgan fingerprint density at radius 3 is 1.63 bits per heavy atom. The zero-order valence-electron chi connectivity index (χ0n) is 29.8. The monoisotopic (exact) mass is 732 g/mol. The van der Waals surface area contributed by atoms with Gasteiger partial charge in [0.1, 0.15) is 0 Å². The molecule has 270 valence electrons. The molecule has 49 heavy (non-hydrogen) atoms. The second-order valence-corrected chi connectivity index (χ2v) is 22.7. The lowest BCUT2D eigenvalue weighted by Crippen LogP contribution is -2.39. The van der Waals surface area contributed by atoms with Gasteiger partial charge in [-0.05, 0) is 111 Å². The highest BCUT2D eigenvalue weighted by molar-refractivity contribution is 8.41. The van der Waals surface area contributed by atoms with E-state index in [4.69, 9.17) is 17.2 Å². The molecule has 0 aliphatic carbocycles. The predicted molar refractivity (Wildman–Crippen MR) is 207 cm³/mol. The maximum atomic E-state index is 12.3. The van der Waals surface area contributed by atoms with E-state index in [1.807, 2.05) is 20.1 Å². The molecule has 0 saturated heterocycles.